The Hall–Kier alpha value is -2.18. The maximum absolute atomic E-state index is 14.5. The molecule has 282 valence electrons. The minimum absolute atomic E-state index is 0.111. The highest BCUT2D eigenvalue weighted by molar-refractivity contribution is 6.30. The Balaban J connectivity index is 1.24. The number of carbonyl (C=O) groups excluding carboxylic acids is 2. The van der Waals surface area contributed by atoms with E-state index in [9.17, 15) is 19.5 Å². The van der Waals surface area contributed by atoms with Crippen LogP contribution < -0.4 is 5.32 Å². The number of ether oxygens (including phenoxy) is 1. The second-order valence-corrected chi connectivity index (χ2v) is 20.1. The zero-order chi connectivity index (χ0) is 37.4. The van der Waals surface area contributed by atoms with E-state index in [0.29, 0.717) is 42.5 Å². The summed E-state index contributed by atoms with van der Waals surface area (Å²) in [4.78, 5) is 39.3. The summed E-state index contributed by atoms with van der Waals surface area (Å²) in [7, 11) is 0. The quantitative estimate of drug-likeness (QED) is 0.185. The van der Waals surface area contributed by atoms with E-state index < -0.39 is 17.4 Å². The molecule has 0 aromatic heterocycles. The second-order valence-electron chi connectivity index (χ2n) is 19.6. The molecular formula is C44H64ClNO5. The molecule has 0 bridgehead atoms. The van der Waals surface area contributed by atoms with Gasteiger partial charge in [-0.3, -0.25) is 14.4 Å². The van der Waals surface area contributed by atoms with Crippen LogP contribution in [0.2, 0.25) is 5.02 Å². The summed E-state index contributed by atoms with van der Waals surface area (Å²) in [6, 6.07) is 7.87. The van der Waals surface area contributed by atoms with Gasteiger partial charge < -0.3 is 15.2 Å². The van der Waals surface area contributed by atoms with Gasteiger partial charge in [0.2, 0.25) is 0 Å². The topological polar surface area (TPSA) is 92.7 Å². The van der Waals surface area contributed by atoms with Crippen molar-refractivity contribution < 1.29 is 24.2 Å². The first-order chi connectivity index (χ1) is 23.7. The minimum Gasteiger partial charge on any atom is -0.481 e. The molecule has 8 atom stereocenters. The molecule has 51 heavy (non-hydrogen) atoms. The Kier molecular flexibility index (Phi) is 10.0. The number of carboxylic acid groups (broad SMARTS) is 1. The molecule has 0 radical (unpaired) electrons. The number of nitrogens with one attached hydrogen (secondary N) is 1. The van der Waals surface area contributed by atoms with Crippen LogP contribution in [0.15, 0.2) is 35.4 Å². The third-order valence-corrected chi connectivity index (χ3v) is 16.4. The zero-order valence-electron chi connectivity index (χ0n) is 32.8. The molecule has 0 aliphatic heterocycles. The van der Waals surface area contributed by atoms with Gasteiger partial charge in [-0.05, 0) is 136 Å². The number of hydrogen-bond acceptors (Lipinski definition) is 5. The van der Waals surface area contributed by atoms with Crippen LogP contribution in [0, 0.1) is 56.2 Å². The fourth-order valence-electron chi connectivity index (χ4n) is 13.0. The summed E-state index contributed by atoms with van der Waals surface area (Å²) in [6.45, 7) is 21.3. The van der Waals surface area contributed by atoms with E-state index in [-0.39, 0.29) is 39.6 Å². The Bertz CT molecular complexity index is 1580. The van der Waals surface area contributed by atoms with Crippen LogP contribution in [0.25, 0.3) is 0 Å². The zero-order valence-corrected chi connectivity index (χ0v) is 33.6. The molecule has 2 N–H and O–H groups in total. The number of hydrogen-bond donors (Lipinski definition) is 2. The number of allylic oxidation sites excluding steroid dienone is 2. The molecule has 1 aromatic carbocycles. The molecule has 6 nitrogen and oxygen atoms in total. The molecule has 0 amide bonds. The van der Waals surface area contributed by atoms with Crippen molar-refractivity contribution in [1.82, 2.24) is 5.32 Å². The predicted octanol–water partition coefficient (Wildman–Crippen LogP) is 10.2. The average Bonchev–Trinajstić information content (AvgIpc) is 3.45. The monoisotopic (exact) mass is 721 g/mol. The first kappa shape index (κ1) is 38.5. The summed E-state index contributed by atoms with van der Waals surface area (Å²) >= 11 is 6.11. The van der Waals surface area contributed by atoms with Gasteiger partial charge in [0.05, 0.1) is 23.8 Å². The fraction of sp³-hybridized carbons (Fsp3) is 0.750. The standard InChI is InChI=1S/C44H64ClNO5/c1-27(2)30-16-21-44(34(47)26-46-25-28-10-12-29(45)13-11-28)23-22-42(8)31(37(30)44)14-15-33-41(7)19-18-35(51-36(48)24-39(3,4)38(49)50)40(5,6)32(41)17-20-43(33,42)9/h10-13,27,31-33,35,46H,14-26H2,1-9H3,(H,49,50)/t31-,32?,33-,35+,41+,42-,43-,44-/m1/s1. The normalized spacial score (nSPS) is 37.2. The lowest BCUT2D eigenvalue weighted by Gasteiger charge is -2.72. The van der Waals surface area contributed by atoms with Crippen molar-refractivity contribution in [2.24, 2.45) is 56.2 Å². The summed E-state index contributed by atoms with van der Waals surface area (Å²) < 4.78 is 6.18. The van der Waals surface area contributed by atoms with Crippen LogP contribution in [-0.4, -0.2) is 35.5 Å². The number of Topliss-reactive ketones (excluding diaryl/α,β-unsaturated/α-hetero) is 1. The lowest BCUT2D eigenvalue weighted by Crippen LogP contribution is -2.66. The van der Waals surface area contributed by atoms with E-state index in [0.717, 1.165) is 68.4 Å². The predicted molar refractivity (Wildman–Crippen MR) is 203 cm³/mol. The summed E-state index contributed by atoms with van der Waals surface area (Å²) in [5.74, 6) is 0.844. The van der Waals surface area contributed by atoms with Gasteiger partial charge in [-0.15, -0.1) is 0 Å². The number of aliphatic carboxylic acids is 1. The number of benzene rings is 1. The number of esters is 1. The van der Waals surface area contributed by atoms with E-state index in [1.165, 1.54) is 12.0 Å². The number of carbonyl (C=O) groups is 3. The van der Waals surface area contributed by atoms with Crippen molar-refractivity contribution >= 4 is 29.3 Å². The second kappa shape index (κ2) is 13.3. The average molecular weight is 722 g/mol. The lowest BCUT2D eigenvalue weighted by atomic mass is 9.33. The van der Waals surface area contributed by atoms with Crippen LogP contribution in [0.5, 0.6) is 0 Å². The molecule has 1 unspecified atom stereocenters. The summed E-state index contributed by atoms with van der Waals surface area (Å²) in [5, 5.41) is 13.8. The van der Waals surface area contributed by atoms with Crippen molar-refractivity contribution in [3.05, 3.63) is 46.0 Å². The van der Waals surface area contributed by atoms with Crippen molar-refractivity contribution in [2.45, 2.75) is 146 Å². The van der Waals surface area contributed by atoms with E-state index in [4.69, 9.17) is 16.3 Å². The number of fused-ring (bicyclic) bond motifs is 7. The molecular weight excluding hydrogens is 658 g/mol. The molecule has 0 heterocycles. The third-order valence-electron chi connectivity index (χ3n) is 16.1. The Morgan fingerprint density at radius 3 is 2.24 bits per heavy atom. The molecule has 4 fully saturated rings. The maximum atomic E-state index is 14.5. The molecule has 1 aromatic rings. The van der Waals surface area contributed by atoms with Crippen molar-refractivity contribution in [3.8, 4) is 0 Å². The van der Waals surface area contributed by atoms with E-state index in [1.54, 1.807) is 19.4 Å². The van der Waals surface area contributed by atoms with Gasteiger partial charge in [-0.1, -0.05) is 83.3 Å². The molecule has 0 spiro atoms. The molecule has 0 saturated heterocycles. The Labute approximate surface area is 312 Å². The van der Waals surface area contributed by atoms with E-state index in [2.05, 4.69) is 53.8 Å². The molecule has 6 rings (SSSR count). The SMILES string of the molecule is CC(C)C1=C2[C@H]3CC[C@@H]4[C@@]5(C)CC[C@H](OC(=O)CC(C)(C)C(=O)O)C(C)(C)C5CC[C@@]4(C)[C@]3(C)CC[C@@]2(C(=O)CNCc2ccc(Cl)cc2)CC1. The Morgan fingerprint density at radius 1 is 0.902 bits per heavy atom. The van der Waals surface area contributed by atoms with Crippen LogP contribution >= 0.6 is 11.6 Å². The number of rotatable bonds is 10. The lowest BCUT2D eigenvalue weighted by molar-refractivity contribution is -0.233. The highest BCUT2D eigenvalue weighted by atomic mass is 35.5. The van der Waals surface area contributed by atoms with E-state index >= 15 is 0 Å². The molecule has 4 saturated carbocycles. The highest BCUT2D eigenvalue weighted by Crippen LogP contribution is 2.77. The maximum Gasteiger partial charge on any atom is 0.309 e. The van der Waals surface area contributed by atoms with Crippen LogP contribution in [0.4, 0.5) is 0 Å². The summed E-state index contributed by atoms with van der Waals surface area (Å²) in [6.07, 6.45) is 10.1. The van der Waals surface area contributed by atoms with Gasteiger partial charge in [0.25, 0.3) is 0 Å². The first-order valence-electron chi connectivity index (χ1n) is 19.9. The molecule has 5 aliphatic carbocycles. The van der Waals surface area contributed by atoms with Gasteiger partial charge in [0, 0.05) is 17.0 Å². The van der Waals surface area contributed by atoms with E-state index in [1.807, 2.05) is 24.3 Å². The number of carboxylic acids is 1. The number of halogens is 1. The van der Waals surface area contributed by atoms with Crippen molar-refractivity contribution in [3.63, 3.8) is 0 Å². The largest absolute Gasteiger partial charge is 0.481 e. The number of ketones is 1. The first-order valence-corrected chi connectivity index (χ1v) is 20.3. The van der Waals surface area contributed by atoms with Crippen molar-refractivity contribution in [2.75, 3.05) is 6.54 Å². The van der Waals surface area contributed by atoms with Gasteiger partial charge in [0.1, 0.15) is 6.10 Å². The Morgan fingerprint density at radius 2 is 1.59 bits per heavy atom. The summed E-state index contributed by atoms with van der Waals surface area (Å²) in [5.41, 5.74) is 2.91. The van der Waals surface area contributed by atoms with Gasteiger partial charge in [0.15, 0.2) is 5.78 Å². The third kappa shape index (κ3) is 6.15. The van der Waals surface area contributed by atoms with Crippen molar-refractivity contribution in [1.29, 1.82) is 0 Å². The molecule has 5 aliphatic rings. The fourth-order valence-corrected chi connectivity index (χ4v) is 13.1. The van der Waals surface area contributed by atoms with Gasteiger partial charge in [-0.2, -0.15) is 0 Å². The van der Waals surface area contributed by atoms with Gasteiger partial charge in [-0.25, -0.2) is 0 Å². The van der Waals surface area contributed by atoms with Crippen LogP contribution in [0.3, 0.4) is 0 Å². The molecule has 7 heteroatoms. The smallest absolute Gasteiger partial charge is 0.309 e. The van der Waals surface area contributed by atoms with Gasteiger partial charge >= 0.3 is 11.9 Å². The minimum atomic E-state index is -1.15. The highest BCUT2D eigenvalue weighted by Gasteiger charge is 2.70. The van der Waals surface area contributed by atoms with Crippen LogP contribution in [-0.2, 0) is 25.7 Å². The van der Waals surface area contributed by atoms with Crippen LogP contribution in [0.1, 0.15) is 139 Å².